The Balaban J connectivity index is 1.95. The third-order valence-electron chi connectivity index (χ3n) is 2.80. The standard InChI is InChI=1S/C15H13F3N2OS/c16-11-4-1-3-10(9-11)6-8-19-13(21)12-5-2-7-20-14(12)22-15(17)18/h1-5,7,9,15H,6,8H2,(H,19,21). The molecule has 0 radical (unpaired) electrons. The minimum Gasteiger partial charge on any atom is -0.352 e. The first-order valence-corrected chi connectivity index (χ1v) is 7.36. The van der Waals surface area contributed by atoms with Crippen molar-refractivity contribution in [1.29, 1.82) is 0 Å². The van der Waals surface area contributed by atoms with Crippen LogP contribution in [0.5, 0.6) is 0 Å². The van der Waals surface area contributed by atoms with E-state index in [-0.39, 0.29) is 34.7 Å². The number of halogens is 3. The van der Waals surface area contributed by atoms with E-state index < -0.39 is 11.7 Å². The minimum absolute atomic E-state index is 0.0132. The third-order valence-corrected chi connectivity index (χ3v) is 3.53. The molecule has 0 atom stereocenters. The van der Waals surface area contributed by atoms with Crippen LogP contribution in [-0.4, -0.2) is 23.2 Å². The fourth-order valence-corrected chi connectivity index (χ4v) is 2.43. The van der Waals surface area contributed by atoms with E-state index in [9.17, 15) is 18.0 Å². The summed E-state index contributed by atoms with van der Waals surface area (Å²) in [6.07, 6.45) is 1.80. The maximum absolute atomic E-state index is 13.0. The molecule has 1 heterocycles. The molecule has 0 fully saturated rings. The molecule has 22 heavy (non-hydrogen) atoms. The van der Waals surface area contributed by atoms with E-state index >= 15 is 0 Å². The van der Waals surface area contributed by atoms with Crippen molar-refractivity contribution >= 4 is 17.7 Å². The van der Waals surface area contributed by atoms with Gasteiger partial charge in [0.05, 0.1) is 5.56 Å². The van der Waals surface area contributed by atoms with Crippen molar-refractivity contribution in [2.45, 2.75) is 17.2 Å². The molecule has 116 valence electrons. The summed E-state index contributed by atoms with van der Waals surface area (Å²) in [5.41, 5.74) is 0.848. The van der Waals surface area contributed by atoms with Crippen LogP contribution in [0.4, 0.5) is 13.2 Å². The summed E-state index contributed by atoms with van der Waals surface area (Å²) < 4.78 is 37.9. The van der Waals surface area contributed by atoms with Crippen molar-refractivity contribution in [2.75, 3.05) is 6.54 Å². The van der Waals surface area contributed by atoms with Crippen LogP contribution in [0.25, 0.3) is 0 Å². The second-order valence-electron chi connectivity index (χ2n) is 4.37. The molecule has 0 saturated carbocycles. The Morgan fingerprint density at radius 3 is 2.82 bits per heavy atom. The van der Waals surface area contributed by atoms with Gasteiger partial charge in [0.15, 0.2) is 0 Å². The number of aromatic nitrogens is 1. The number of nitrogens with zero attached hydrogens (tertiary/aromatic N) is 1. The van der Waals surface area contributed by atoms with Crippen LogP contribution in [0.15, 0.2) is 47.6 Å². The predicted molar refractivity (Wildman–Crippen MR) is 78.5 cm³/mol. The Labute approximate surface area is 129 Å². The molecule has 2 rings (SSSR count). The van der Waals surface area contributed by atoms with Gasteiger partial charge in [-0.25, -0.2) is 9.37 Å². The van der Waals surface area contributed by atoms with Crippen LogP contribution < -0.4 is 5.32 Å². The average Bonchev–Trinajstić information content (AvgIpc) is 2.47. The van der Waals surface area contributed by atoms with E-state index in [1.807, 2.05) is 0 Å². The van der Waals surface area contributed by atoms with Gasteiger partial charge in [-0.05, 0) is 48.0 Å². The van der Waals surface area contributed by atoms with Crippen molar-refractivity contribution in [1.82, 2.24) is 10.3 Å². The van der Waals surface area contributed by atoms with Gasteiger partial charge in [0.25, 0.3) is 11.7 Å². The molecule has 0 saturated heterocycles. The molecule has 0 aliphatic rings. The molecular formula is C15H13F3N2OS. The molecule has 0 spiro atoms. The summed E-state index contributed by atoms with van der Waals surface area (Å²) in [5, 5.41) is 2.61. The Morgan fingerprint density at radius 2 is 2.09 bits per heavy atom. The Bertz CT molecular complexity index is 652. The van der Waals surface area contributed by atoms with E-state index in [1.165, 1.54) is 30.5 Å². The molecule has 7 heteroatoms. The quantitative estimate of drug-likeness (QED) is 0.826. The van der Waals surface area contributed by atoms with Gasteiger partial charge in [0, 0.05) is 12.7 Å². The first-order chi connectivity index (χ1) is 10.6. The number of amides is 1. The summed E-state index contributed by atoms with van der Waals surface area (Å²) in [4.78, 5) is 15.8. The lowest BCUT2D eigenvalue weighted by atomic mass is 10.1. The lowest BCUT2D eigenvalue weighted by Gasteiger charge is -2.08. The lowest BCUT2D eigenvalue weighted by Crippen LogP contribution is -2.26. The monoisotopic (exact) mass is 326 g/mol. The molecule has 3 nitrogen and oxygen atoms in total. The van der Waals surface area contributed by atoms with Crippen molar-refractivity contribution in [3.05, 3.63) is 59.5 Å². The van der Waals surface area contributed by atoms with E-state index in [1.54, 1.807) is 12.1 Å². The molecule has 1 aromatic heterocycles. The van der Waals surface area contributed by atoms with Crippen LogP contribution in [0.2, 0.25) is 0 Å². The number of carbonyl (C=O) groups is 1. The SMILES string of the molecule is O=C(NCCc1cccc(F)c1)c1cccnc1SC(F)F. The topological polar surface area (TPSA) is 42.0 Å². The smallest absolute Gasteiger partial charge is 0.290 e. The minimum atomic E-state index is -2.64. The summed E-state index contributed by atoms with van der Waals surface area (Å²) in [6, 6.07) is 9.01. The molecule has 0 bridgehead atoms. The molecule has 1 N–H and O–H groups in total. The maximum atomic E-state index is 13.0. The predicted octanol–water partition coefficient (Wildman–Crippen LogP) is 3.51. The number of hydrogen-bond acceptors (Lipinski definition) is 3. The second kappa shape index (κ2) is 7.84. The van der Waals surface area contributed by atoms with Crippen LogP contribution in [0.3, 0.4) is 0 Å². The van der Waals surface area contributed by atoms with Crippen molar-refractivity contribution in [2.24, 2.45) is 0 Å². The summed E-state index contributed by atoms with van der Waals surface area (Å²) in [7, 11) is 0. The van der Waals surface area contributed by atoms with Crippen LogP contribution in [0, 0.1) is 5.82 Å². The van der Waals surface area contributed by atoms with Gasteiger partial charge < -0.3 is 5.32 Å². The molecule has 2 aromatic rings. The number of thioether (sulfide) groups is 1. The number of rotatable bonds is 6. The van der Waals surface area contributed by atoms with E-state index in [0.717, 1.165) is 5.56 Å². The molecule has 0 aliphatic carbocycles. The van der Waals surface area contributed by atoms with Crippen molar-refractivity contribution in [3.63, 3.8) is 0 Å². The van der Waals surface area contributed by atoms with Crippen LogP contribution >= 0.6 is 11.8 Å². The highest BCUT2D eigenvalue weighted by molar-refractivity contribution is 7.99. The van der Waals surface area contributed by atoms with Gasteiger partial charge in [0.1, 0.15) is 10.8 Å². The van der Waals surface area contributed by atoms with Gasteiger partial charge in [-0.15, -0.1) is 0 Å². The third kappa shape index (κ3) is 4.77. The first-order valence-electron chi connectivity index (χ1n) is 6.48. The van der Waals surface area contributed by atoms with Crippen LogP contribution in [-0.2, 0) is 6.42 Å². The van der Waals surface area contributed by atoms with Gasteiger partial charge in [-0.2, -0.15) is 8.78 Å². The maximum Gasteiger partial charge on any atom is 0.290 e. The van der Waals surface area contributed by atoms with Crippen molar-refractivity contribution in [3.8, 4) is 0 Å². The normalized spacial score (nSPS) is 10.7. The highest BCUT2D eigenvalue weighted by atomic mass is 32.2. The summed E-state index contributed by atoms with van der Waals surface area (Å²) in [6.45, 7) is 0.274. The first kappa shape index (κ1) is 16.4. The Hall–Kier alpha value is -2.02. The highest BCUT2D eigenvalue weighted by Gasteiger charge is 2.16. The molecule has 0 aliphatic heterocycles. The van der Waals surface area contributed by atoms with Gasteiger partial charge in [-0.1, -0.05) is 12.1 Å². The second-order valence-corrected chi connectivity index (χ2v) is 5.35. The summed E-state index contributed by atoms with van der Waals surface area (Å²) >= 11 is 0.230. The number of pyridine rings is 1. The molecule has 1 amide bonds. The zero-order chi connectivity index (χ0) is 15.9. The van der Waals surface area contributed by atoms with Crippen LogP contribution in [0.1, 0.15) is 15.9 Å². The average molecular weight is 326 g/mol. The molecule has 0 unspecified atom stereocenters. The van der Waals surface area contributed by atoms with Gasteiger partial charge >= 0.3 is 0 Å². The lowest BCUT2D eigenvalue weighted by molar-refractivity contribution is 0.0950. The number of nitrogens with one attached hydrogen (secondary N) is 1. The zero-order valence-electron chi connectivity index (χ0n) is 11.4. The Kier molecular flexibility index (Phi) is 5.83. The molecule has 1 aromatic carbocycles. The molecular weight excluding hydrogens is 313 g/mol. The fraction of sp³-hybridized carbons (Fsp3) is 0.200. The van der Waals surface area contributed by atoms with E-state index in [4.69, 9.17) is 0 Å². The van der Waals surface area contributed by atoms with E-state index in [0.29, 0.717) is 6.42 Å². The Morgan fingerprint density at radius 1 is 1.27 bits per heavy atom. The highest BCUT2D eigenvalue weighted by Crippen LogP contribution is 2.26. The fourth-order valence-electron chi connectivity index (χ4n) is 1.85. The summed E-state index contributed by atoms with van der Waals surface area (Å²) in [5.74, 6) is -3.46. The zero-order valence-corrected chi connectivity index (χ0v) is 12.2. The van der Waals surface area contributed by atoms with Gasteiger partial charge in [-0.3, -0.25) is 4.79 Å². The number of hydrogen-bond donors (Lipinski definition) is 1. The van der Waals surface area contributed by atoms with E-state index in [2.05, 4.69) is 10.3 Å². The largest absolute Gasteiger partial charge is 0.352 e. The van der Waals surface area contributed by atoms with Crippen molar-refractivity contribution < 1.29 is 18.0 Å². The number of alkyl halides is 2. The number of benzene rings is 1. The number of carbonyl (C=O) groups excluding carboxylic acids is 1. The van der Waals surface area contributed by atoms with Gasteiger partial charge in [0.2, 0.25) is 0 Å².